The van der Waals surface area contributed by atoms with Crippen molar-refractivity contribution in [1.29, 1.82) is 0 Å². The van der Waals surface area contributed by atoms with E-state index in [4.69, 9.17) is 0 Å². The van der Waals surface area contributed by atoms with Crippen LogP contribution in [-0.2, 0) is 12.0 Å². The molecule has 0 bridgehead atoms. The van der Waals surface area contributed by atoms with Gasteiger partial charge in [0, 0.05) is 25.2 Å². The Balaban J connectivity index is 1.44. The number of piperidine rings is 2. The number of likely N-dealkylation sites (tertiary alicyclic amines) is 2. The maximum absolute atomic E-state index is 2.82. The van der Waals surface area contributed by atoms with Gasteiger partial charge in [0.05, 0.1) is 0 Å². The highest BCUT2D eigenvalue weighted by Gasteiger charge is 2.41. The summed E-state index contributed by atoms with van der Waals surface area (Å²) in [4.78, 5) is 5.50. The smallest absolute Gasteiger partial charge is 0.0484 e. The summed E-state index contributed by atoms with van der Waals surface area (Å²) < 4.78 is 0. The molecule has 4 rings (SSSR count). The van der Waals surface area contributed by atoms with Crippen molar-refractivity contribution in [2.75, 3.05) is 32.7 Å². The molecule has 0 N–H and O–H groups in total. The quantitative estimate of drug-likeness (QED) is 0.772. The molecule has 0 unspecified atom stereocenters. The zero-order valence-electron chi connectivity index (χ0n) is 15.9. The molecule has 2 aromatic carbocycles. The van der Waals surface area contributed by atoms with Crippen molar-refractivity contribution < 1.29 is 0 Å². The van der Waals surface area contributed by atoms with E-state index in [9.17, 15) is 0 Å². The van der Waals surface area contributed by atoms with E-state index in [1.807, 2.05) is 0 Å². The molecular formula is C24H32N2. The second-order valence-electron chi connectivity index (χ2n) is 8.02. The lowest BCUT2D eigenvalue weighted by atomic mass is 9.78. The first kappa shape index (κ1) is 17.8. The number of benzene rings is 2. The van der Waals surface area contributed by atoms with Crippen LogP contribution in [0.25, 0.3) is 0 Å². The van der Waals surface area contributed by atoms with Gasteiger partial charge < -0.3 is 4.90 Å². The minimum absolute atomic E-state index is 0.269. The monoisotopic (exact) mass is 348 g/mol. The zero-order chi connectivity index (χ0) is 17.7. The molecule has 2 aromatic rings. The van der Waals surface area contributed by atoms with Gasteiger partial charge in [-0.2, -0.15) is 0 Å². The first-order chi connectivity index (χ1) is 12.9. The third-order valence-electron chi connectivity index (χ3n) is 6.52. The predicted molar refractivity (Wildman–Crippen MR) is 109 cm³/mol. The van der Waals surface area contributed by atoms with Crippen LogP contribution in [0.4, 0.5) is 0 Å². The molecule has 0 atom stereocenters. The lowest BCUT2D eigenvalue weighted by Crippen LogP contribution is -2.54. The Kier molecular flexibility index (Phi) is 5.72. The summed E-state index contributed by atoms with van der Waals surface area (Å²) in [5.74, 6) is 0. The first-order valence-corrected chi connectivity index (χ1v) is 10.4. The van der Waals surface area contributed by atoms with Gasteiger partial charge in [-0.25, -0.2) is 0 Å². The molecule has 26 heavy (non-hydrogen) atoms. The number of nitrogens with zero attached hydrogens (tertiary/aromatic N) is 2. The van der Waals surface area contributed by atoms with Gasteiger partial charge in [0.1, 0.15) is 0 Å². The van der Waals surface area contributed by atoms with E-state index in [1.54, 1.807) is 5.56 Å². The van der Waals surface area contributed by atoms with Crippen molar-refractivity contribution in [1.82, 2.24) is 9.80 Å². The standard InChI is InChI=1S/C24H32N2/c1-4-10-22(11-5-1)14-19-25-20-15-24(16-21-25,23-12-6-2-7-13-23)26-17-8-3-9-18-26/h1-2,4-7,10-13H,3,8-9,14-21H2. The second kappa shape index (κ2) is 8.37. The molecule has 2 nitrogen and oxygen atoms in total. The summed E-state index contributed by atoms with van der Waals surface area (Å²) in [6.07, 6.45) is 7.85. The van der Waals surface area contributed by atoms with Crippen molar-refractivity contribution in [2.45, 2.75) is 44.1 Å². The van der Waals surface area contributed by atoms with Gasteiger partial charge >= 0.3 is 0 Å². The maximum Gasteiger partial charge on any atom is 0.0484 e. The minimum Gasteiger partial charge on any atom is -0.303 e. The molecule has 2 saturated heterocycles. The van der Waals surface area contributed by atoms with Crippen LogP contribution in [0.5, 0.6) is 0 Å². The molecule has 2 heteroatoms. The molecule has 0 radical (unpaired) electrons. The molecule has 2 aliphatic rings. The van der Waals surface area contributed by atoms with E-state index in [0.717, 1.165) is 0 Å². The van der Waals surface area contributed by atoms with Crippen molar-refractivity contribution in [3.63, 3.8) is 0 Å². The van der Waals surface area contributed by atoms with Gasteiger partial charge in [-0.15, -0.1) is 0 Å². The Hall–Kier alpha value is -1.64. The fourth-order valence-electron chi connectivity index (χ4n) is 4.94. The molecule has 0 saturated carbocycles. The molecule has 2 aliphatic heterocycles. The lowest BCUT2D eigenvalue weighted by Gasteiger charge is -2.51. The van der Waals surface area contributed by atoms with E-state index in [2.05, 4.69) is 70.5 Å². The van der Waals surface area contributed by atoms with Gasteiger partial charge in [0.2, 0.25) is 0 Å². The van der Waals surface area contributed by atoms with Crippen LogP contribution in [0.15, 0.2) is 60.7 Å². The van der Waals surface area contributed by atoms with Crippen molar-refractivity contribution in [3.8, 4) is 0 Å². The Labute approximate surface area is 158 Å². The van der Waals surface area contributed by atoms with Crippen molar-refractivity contribution in [3.05, 3.63) is 71.8 Å². The largest absolute Gasteiger partial charge is 0.303 e. The van der Waals surface area contributed by atoms with Gasteiger partial charge in [-0.1, -0.05) is 67.1 Å². The van der Waals surface area contributed by atoms with Crippen molar-refractivity contribution >= 4 is 0 Å². The molecule has 0 spiro atoms. The Morgan fingerprint density at radius 2 is 1.31 bits per heavy atom. The summed E-state index contributed by atoms with van der Waals surface area (Å²) in [6.45, 7) is 6.18. The van der Waals surface area contributed by atoms with E-state index < -0.39 is 0 Å². The molecule has 138 valence electrons. The molecule has 2 heterocycles. The fourth-order valence-corrected chi connectivity index (χ4v) is 4.94. The summed E-state index contributed by atoms with van der Waals surface area (Å²) in [6, 6.07) is 22.3. The normalized spacial score (nSPS) is 21.5. The van der Waals surface area contributed by atoms with E-state index >= 15 is 0 Å². The highest BCUT2D eigenvalue weighted by molar-refractivity contribution is 5.26. The van der Waals surface area contributed by atoms with Gasteiger partial charge in [-0.3, -0.25) is 4.90 Å². The molecule has 2 fully saturated rings. The average molecular weight is 349 g/mol. The SMILES string of the molecule is c1ccc(CCN2CCC(c3ccccc3)(N3CCCCC3)CC2)cc1. The first-order valence-electron chi connectivity index (χ1n) is 10.4. The highest BCUT2D eigenvalue weighted by Crippen LogP contribution is 2.40. The topological polar surface area (TPSA) is 6.48 Å². The van der Waals surface area contributed by atoms with E-state index in [0.29, 0.717) is 0 Å². The Morgan fingerprint density at radius 1 is 0.692 bits per heavy atom. The van der Waals surface area contributed by atoms with Crippen LogP contribution >= 0.6 is 0 Å². The van der Waals surface area contributed by atoms with Crippen LogP contribution < -0.4 is 0 Å². The van der Waals surface area contributed by atoms with Gasteiger partial charge in [0.15, 0.2) is 0 Å². The summed E-state index contributed by atoms with van der Waals surface area (Å²) in [7, 11) is 0. The Morgan fingerprint density at radius 3 is 1.96 bits per heavy atom. The number of rotatable bonds is 5. The third kappa shape index (κ3) is 3.87. The van der Waals surface area contributed by atoms with Crippen LogP contribution in [0, 0.1) is 0 Å². The molecular weight excluding hydrogens is 316 g/mol. The number of hydrogen-bond donors (Lipinski definition) is 0. The summed E-state index contributed by atoms with van der Waals surface area (Å²) in [5, 5.41) is 0. The highest BCUT2D eigenvalue weighted by atomic mass is 15.2. The average Bonchev–Trinajstić information content (AvgIpc) is 2.75. The van der Waals surface area contributed by atoms with Gasteiger partial charge in [0.25, 0.3) is 0 Å². The molecule has 0 amide bonds. The minimum atomic E-state index is 0.269. The van der Waals surface area contributed by atoms with E-state index in [1.165, 1.54) is 76.8 Å². The second-order valence-corrected chi connectivity index (χ2v) is 8.02. The predicted octanol–water partition coefficient (Wildman–Crippen LogP) is 4.71. The van der Waals surface area contributed by atoms with Crippen LogP contribution in [0.1, 0.15) is 43.2 Å². The lowest BCUT2D eigenvalue weighted by molar-refractivity contribution is 0.00495. The maximum atomic E-state index is 2.82. The number of hydrogen-bond acceptors (Lipinski definition) is 2. The molecule has 0 aliphatic carbocycles. The summed E-state index contributed by atoms with van der Waals surface area (Å²) >= 11 is 0. The summed E-state index contributed by atoms with van der Waals surface area (Å²) in [5.41, 5.74) is 3.28. The Bertz CT molecular complexity index is 653. The van der Waals surface area contributed by atoms with Crippen molar-refractivity contribution in [2.24, 2.45) is 0 Å². The van der Waals surface area contributed by atoms with Crippen LogP contribution in [0.3, 0.4) is 0 Å². The third-order valence-corrected chi connectivity index (χ3v) is 6.52. The van der Waals surface area contributed by atoms with Gasteiger partial charge in [-0.05, 0) is 56.3 Å². The molecule has 0 aromatic heterocycles. The van der Waals surface area contributed by atoms with E-state index in [-0.39, 0.29) is 5.54 Å². The fraction of sp³-hybridized carbons (Fsp3) is 0.500. The van der Waals surface area contributed by atoms with Crippen LogP contribution in [0.2, 0.25) is 0 Å². The van der Waals surface area contributed by atoms with Crippen LogP contribution in [-0.4, -0.2) is 42.5 Å². The zero-order valence-corrected chi connectivity index (χ0v) is 15.9.